The molecule has 0 amide bonds. The molecule has 3 N–H and O–H groups in total. The number of rotatable bonds is 6. The van der Waals surface area contributed by atoms with E-state index in [0.29, 0.717) is 11.2 Å². The van der Waals surface area contributed by atoms with Gasteiger partial charge < -0.3 is 15.7 Å². The highest BCUT2D eigenvalue weighted by Crippen LogP contribution is 2.37. The summed E-state index contributed by atoms with van der Waals surface area (Å²) in [6.07, 6.45) is 3.23. The summed E-state index contributed by atoms with van der Waals surface area (Å²) in [6, 6.07) is 8.50. The molecule has 1 aromatic carbocycles. The number of benzene rings is 1. The summed E-state index contributed by atoms with van der Waals surface area (Å²) in [5.74, 6) is 0.748. The SMILES string of the molecule is CCC(C1CC1)N(Cc1ccc(C(C)O)cc1)C(N)=S. The highest BCUT2D eigenvalue weighted by atomic mass is 32.1. The van der Waals surface area contributed by atoms with E-state index >= 15 is 0 Å². The van der Waals surface area contributed by atoms with Crippen LogP contribution in [0.15, 0.2) is 24.3 Å². The number of hydrogen-bond acceptors (Lipinski definition) is 2. The third-order valence-corrected chi connectivity index (χ3v) is 4.32. The van der Waals surface area contributed by atoms with Gasteiger partial charge in [-0.3, -0.25) is 0 Å². The van der Waals surface area contributed by atoms with Gasteiger partial charge in [0.05, 0.1) is 6.10 Å². The van der Waals surface area contributed by atoms with Crippen LogP contribution in [-0.2, 0) is 6.54 Å². The standard InChI is InChI=1S/C16H24N2OS/c1-3-15(14-8-9-14)18(16(17)20)10-12-4-6-13(7-5-12)11(2)19/h4-7,11,14-15,19H,3,8-10H2,1-2H3,(H2,17,20). The predicted octanol–water partition coefficient (Wildman–Crippen LogP) is 2.97. The zero-order chi connectivity index (χ0) is 14.7. The minimum Gasteiger partial charge on any atom is -0.389 e. The van der Waals surface area contributed by atoms with Gasteiger partial charge in [-0.15, -0.1) is 0 Å². The first-order valence-corrected chi connectivity index (χ1v) is 7.76. The highest BCUT2D eigenvalue weighted by molar-refractivity contribution is 7.80. The van der Waals surface area contributed by atoms with Crippen LogP contribution >= 0.6 is 12.2 Å². The lowest BCUT2D eigenvalue weighted by Gasteiger charge is -2.32. The summed E-state index contributed by atoms with van der Waals surface area (Å²) >= 11 is 5.24. The van der Waals surface area contributed by atoms with Gasteiger partial charge in [0, 0.05) is 12.6 Å². The Hall–Kier alpha value is -1.13. The maximum absolute atomic E-state index is 9.54. The molecule has 4 heteroatoms. The van der Waals surface area contributed by atoms with Gasteiger partial charge >= 0.3 is 0 Å². The molecule has 0 radical (unpaired) electrons. The van der Waals surface area contributed by atoms with Gasteiger partial charge in [0.25, 0.3) is 0 Å². The number of aliphatic hydroxyl groups excluding tert-OH is 1. The van der Waals surface area contributed by atoms with Crippen molar-refractivity contribution in [3.8, 4) is 0 Å². The monoisotopic (exact) mass is 292 g/mol. The Kier molecular flexibility index (Phi) is 5.00. The Morgan fingerprint density at radius 1 is 1.40 bits per heavy atom. The minimum atomic E-state index is -0.425. The summed E-state index contributed by atoms with van der Waals surface area (Å²) in [7, 11) is 0. The molecule has 2 unspecified atom stereocenters. The second kappa shape index (κ2) is 6.55. The van der Waals surface area contributed by atoms with Crippen LogP contribution in [0, 0.1) is 5.92 Å². The average molecular weight is 292 g/mol. The third-order valence-electron chi connectivity index (χ3n) is 4.08. The van der Waals surface area contributed by atoms with Gasteiger partial charge in [-0.1, -0.05) is 31.2 Å². The Morgan fingerprint density at radius 3 is 2.40 bits per heavy atom. The molecule has 110 valence electrons. The van der Waals surface area contributed by atoms with Crippen molar-refractivity contribution in [2.45, 2.75) is 51.8 Å². The fraction of sp³-hybridized carbons (Fsp3) is 0.562. The van der Waals surface area contributed by atoms with E-state index in [1.54, 1.807) is 6.92 Å². The summed E-state index contributed by atoms with van der Waals surface area (Å²) in [5.41, 5.74) is 8.04. The van der Waals surface area contributed by atoms with Crippen LogP contribution < -0.4 is 5.73 Å². The van der Waals surface area contributed by atoms with Gasteiger partial charge in [-0.25, -0.2) is 0 Å². The Labute approximate surface area is 126 Å². The lowest BCUT2D eigenvalue weighted by Crippen LogP contribution is -2.43. The molecule has 1 fully saturated rings. The van der Waals surface area contributed by atoms with Gasteiger partial charge in [-0.05, 0) is 55.4 Å². The summed E-state index contributed by atoms with van der Waals surface area (Å²) < 4.78 is 0. The second-order valence-electron chi connectivity index (χ2n) is 5.70. The van der Waals surface area contributed by atoms with Crippen molar-refractivity contribution in [2.75, 3.05) is 0 Å². The molecule has 1 aliphatic rings. The number of aliphatic hydroxyl groups is 1. The number of nitrogens with zero attached hydrogens (tertiary/aromatic N) is 1. The topological polar surface area (TPSA) is 49.5 Å². The van der Waals surface area contributed by atoms with Crippen LogP contribution in [0.4, 0.5) is 0 Å². The van der Waals surface area contributed by atoms with E-state index in [0.717, 1.165) is 24.4 Å². The Morgan fingerprint density at radius 2 is 2.00 bits per heavy atom. The van der Waals surface area contributed by atoms with Crippen LogP contribution in [0.25, 0.3) is 0 Å². The largest absolute Gasteiger partial charge is 0.389 e. The molecule has 1 aromatic rings. The minimum absolute atomic E-state index is 0.425. The van der Waals surface area contributed by atoms with Crippen molar-refractivity contribution < 1.29 is 5.11 Å². The maximum Gasteiger partial charge on any atom is 0.166 e. The molecular formula is C16H24N2OS. The zero-order valence-corrected chi connectivity index (χ0v) is 13.1. The van der Waals surface area contributed by atoms with Crippen molar-refractivity contribution >= 4 is 17.3 Å². The van der Waals surface area contributed by atoms with Crippen LogP contribution in [-0.4, -0.2) is 21.2 Å². The van der Waals surface area contributed by atoms with E-state index in [-0.39, 0.29) is 0 Å². The average Bonchev–Trinajstić information content (AvgIpc) is 3.23. The highest BCUT2D eigenvalue weighted by Gasteiger charge is 2.34. The summed E-state index contributed by atoms with van der Waals surface area (Å²) in [4.78, 5) is 2.16. The van der Waals surface area contributed by atoms with E-state index in [4.69, 9.17) is 18.0 Å². The fourth-order valence-electron chi connectivity index (χ4n) is 2.75. The first-order chi connectivity index (χ1) is 9.52. The van der Waals surface area contributed by atoms with E-state index in [9.17, 15) is 5.11 Å². The van der Waals surface area contributed by atoms with E-state index < -0.39 is 6.10 Å². The lowest BCUT2D eigenvalue weighted by molar-refractivity contribution is 0.199. The molecule has 3 nitrogen and oxygen atoms in total. The Bertz CT molecular complexity index is 454. The molecular weight excluding hydrogens is 268 g/mol. The molecule has 0 spiro atoms. The molecule has 0 saturated heterocycles. The van der Waals surface area contributed by atoms with Crippen LogP contribution in [0.1, 0.15) is 50.3 Å². The van der Waals surface area contributed by atoms with Gasteiger partial charge in [0.15, 0.2) is 5.11 Å². The second-order valence-corrected chi connectivity index (χ2v) is 6.11. The molecule has 0 heterocycles. The molecule has 0 aromatic heterocycles. The van der Waals surface area contributed by atoms with E-state index in [1.807, 2.05) is 24.3 Å². The van der Waals surface area contributed by atoms with Crippen molar-refractivity contribution in [3.63, 3.8) is 0 Å². The number of thiocarbonyl (C=S) groups is 1. The molecule has 1 saturated carbocycles. The molecule has 0 aliphatic heterocycles. The molecule has 2 atom stereocenters. The third kappa shape index (κ3) is 3.70. The summed E-state index contributed by atoms with van der Waals surface area (Å²) in [6.45, 7) is 4.73. The fourth-order valence-corrected chi connectivity index (χ4v) is 2.95. The molecule has 0 bridgehead atoms. The Balaban J connectivity index is 2.09. The quantitative estimate of drug-likeness (QED) is 0.791. The van der Waals surface area contributed by atoms with Crippen LogP contribution in [0.2, 0.25) is 0 Å². The van der Waals surface area contributed by atoms with E-state index in [2.05, 4.69) is 11.8 Å². The summed E-state index contributed by atoms with van der Waals surface area (Å²) in [5, 5.41) is 10.0. The first kappa shape index (κ1) is 15.3. The van der Waals surface area contributed by atoms with Crippen molar-refractivity contribution in [1.29, 1.82) is 0 Å². The van der Waals surface area contributed by atoms with E-state index in [1.165, 1.54) is 18.4 Å². The predicted molar refractivity (Wildman–Crippen MR) is 86.2 cm³/mol. The van der Waals surface area contributed by atoms with Crippen molar-refractivity contribution in [3.05, 3.63) is 35.4 Å². The van der Waals surface area contributed by atoms with Crippen molar-refractivity contribution in [2.24, 2.45) is 11.7 Å². The van der Waals surface area contributed by atoms with Crippen molar-refractivity contribution in [1.82, 2.24) is 4.90 Å². The van der Waals surface area contributed by atoms with Gasteiger partial charge in [0.2, 0.25) is 0 Å². The smallest absolute Gasteiger partial charge is 0.166 e. The first-order valence-electron chi connectivity index (χ1n) is 7.36. The maximum atomic E-state index is 9.54. The lowest BCUT2D eigenvalue weighted by atomic mass is 10.0. The zero-order valence-electron chi connectivity index (χ0n) is 12.2. The van der Waals surface area contributed by atoms with Crippen LogP contribution in [0.5, 0.6) is 0 Å². The normalized spacial score (nSPS) is 17.6. The number of nitrogens with two attached hydrogens (primary N) is 1. The van der Waals surface area contributed by atoms with Gasteiger partial charge in [0.1, 0.15) is 0 Å². The number of hydrogen-bond donors (Lipinski definition) is 2. The molecule has 20 heavy (non-hydrogen) atoms. The van der Waals surface area contributed by atoms with Gasteiger partial charge in [-0.2, -0.15) is 0 Å². The van der Waals surface area contributed by atoms with Crippen LogP contribution in [0.3, 0.4) is 0 Å². The molecule has 1 aliphatic carbocycles. The molecule has 2 rings (SSSR count).